The number of amides is 1. The molecule has 10 heteroatoms. The Bertz CT molecular complexity index is 2120. The number of carbonyl (C=O) groups excluding carboxylic acids is 1. The van der Waals surface area contributed by atoms with Gasteiger partial charge in [0.25, 0.3) is 11.5 Å². The molecule has 6 rings (SSSR count). The minimum atomic E-state index is -0.630. The molecule has 1 amide bonds. The average molecular weight is 664 g/mol. The molecule has 0 unspecified atom stereocenters. The Hall–Kier alpha value is -3.62. The van der Waals surface area contributed by atoms with Crippen molar-refractivity contribution in [1.29, 1.82) is 0 Å². The number of likely N-dealkylation sites (N-methyl/N-ethyl adjacent to an activating group) is 1. The van der Waals surface area contributed by atoms with Gasteiger partial charge in [0.05, 0.1) is 31.9 Å². The molecule has 1 aliphatic rings. The second kappa shape index (κ2) is 12.4. The first kappa shape index (κ1) is 30.4. The van der Waals surface area contributed by atoms with Gasteiger partial charge in [-0.05, 0) is 68.3 Å². The lowest BCUT2D eigenvalue weighted by Crippen LogP contribution is -2.43. The first-order valence-corrected chi connectivity index (χ1v) is 16.2. The summed E-state index contributed by atoms with van der Waals surface area (Å²) in [4.78, 5) is 35.2. The highest BCUT2D eigenvalue weighted by atomic mass is 35.5. The van der Waals surface area contributed by atoms with Crippen LogP contribution in [0.1, 0.15) is 43.5 Å². The molecule has 6 nitrogen and oxygen atoms in total. The molecule has 0 radical (unpaired) electrons. The summed E-state index contributed by atoms with van der Waals surface area (Å²) in [6.07, 6.45) is 3.96. The van der Waals surface area contributed by atoms with Crippen molar-refractivity contribution < 1.29 is 4.79 Å². The molecule has 3 heterocycles. The van der Waals surface area contributed by atoms with Crippen molar-refractivity contribution >= 4 is 69.0 Å². The summed E-state index contributed by atoms with van der Waals surface area (Å²) >= 11 is 20.0. The molecule has 3 aromatic carbocycles. The summed E-state index contributed by atoms with van der Waals surface area (Å²) in [6.45, 7) is 7.42. The first-order chi connectivity index (χ1) is 21.2. The lowest BCUT2D eigenvalue weighted by molar-refractivity contribution is -0.127. The van der Waals surface area contributed by atoms with Gasteiger partial charge in [0, 0.05) is 47.3 Å². The molecular formula is C34H29Cl3N4O2S. The fraction of sp³-hybridized carbons (Fsp3) is 0.206. The third kappa shape index (κ3) is 5.54. The van der Waals surface area contributed by atoms with Crippen LogP contribution in [0.5, 0.6) is 0 Å². The molecular weight excluding hydrogens is 635 g/mol. The number of hydrogen-bond acceptors (Lipinski definition) is 4. The number of aromatic nitrogens is 2. The van der Waals surface area contributed by atoms with E-state index in [1.807, 2.05) is 75.5 Å². The van der Waals surface area contributed by atoms with Crippen LogP contribution in [0.3, 0.4) is 0 Å². The van der Waals surface area contributed by atoms with E-state index in [1.54, 1.807) is 27.7 Å². The van der Waals surface area contributed by atoms with Crippen LogP contribution in [0, 0.1) is 0 Å². The minimum Gasteiger partial charge on any atom is -0.342 e. The van der Waals surface area contributed by atoms with Crippen LogP contribution >= 0.6 is 46.1 Å². The quantitative estimate of drug-likeness (QED) is 0.187. The molecule has 0 saturated heterocycles. The highest BCUT2D eigenvalue weighted by Gasteiger charge is 2.34. The van der Waals surface area contributed by atoms with Crippen LogP contribution in [0.15, 0.2) is 94.0 Å². The van der Waals surface area contributed by atoms with Gasteiger partial charge in [0.1, 0.15) is 0 Å². The summed E-state index contributed by atoms with van der Waals surface area (Å²) in [5, 5.41) is 2.61. The standard InChI is InChI=1S/C34H29Cl3N4O2S/c1-4-39(5-2)33(43)30-20(3)38-34-41(31(30)22-11-13-24(35)14-12-22)32(42)29(44-34)17-23-19-40(28-9-7-6-8-25(23)28)18-21-10-15-26(36)27(37)16-21/h6-17,19,31H,4-5,18H2,1-3H3/b29-17+/t31-/m1/s1. The third-order valence-electron chi connectivity index (χ3n) is 7.93. The fourth-order valence-electron chi connectivity index (χ4n) is 5.73. The van der Waals surface area contributed by atoms with Crippen molar-refractivity contribution in [3.63, 3.8) is 0 Å². The average Bonchev–Trinajstić information content (AvgIpc) is 3.51. The predicted octanol–water partition coefficient (Wildman–Crippen LogP) is 7.07. The highest BCUT2D eigenvalue weighted by molar-refractivity contribution is 7.07. The number of rotatable bonds is 7. The molecule has 224 valence electrons. The maximum Gasteiger partial charge on any atom is 0.271 e. The zero-order chi connectivity index (χ0) is 31.1. The van der Waals surface area contributed by atoms with Crippen molar-refractivity contribution in [2.75, 3.05) is 13.1 Å². The van der Waals surface area contributed by atoms with Gasteiger partial charge in [-0.25, -0.2) is 4.99 Å². The van der Waals surface area contributed by atoms with Crippen molar-refractivity contribution in [2.24, 2.45) is 4.99 Å². The Labute approximate surface area is 273 Å². The van der Waals surface area contributed by atoms with Crippen molar-refractivity contribution in [2.45, 2.75) is 33.4 Å². The number of nitrogens with zero attached hydrogens (tertiary/aromatic N) is 4. The van der Waals surface area contributed by atoms with Crippen LogP contribution in [-0.2, 0) is 11.3 Å². The molecule has 0 N–H and O–H groups in total. The molecule has 1 atom stereocenters. The van der Waals surface area contributed by atoms with Gasteiger partial charge in [-0.15, -0.1) is 0 Å². The zero-order valence-corrected chi connectivity index (χ0v) is 27.4. The molecule has 44 heavy (non-hydrogen) atoms. The lowest BCUT2D eigenvalue weighted by Gasteiger charge is -2.29. The number of fused-ring (bicyclic) bond motifs is 2. The Kier molecular flexibility index (Phi) is 8.57. The largest absolute Gasteiger partial charge is 0.342 e. The van der Waals surface area contributed by atoms with E-state index >= 15 is 0 Å². The molecule has 0 bridgehead atoms. The van der Waals surface area contributed by atoms with Crippen LogP contribution < -0.4 is 14.9 Å². The van der Waals surface area contributed by atoms with Crippen LogP contribution in [0.4, 0.5) is 0 Å². The lowest BCUT2D eigenvalue weighted by atomic mass is 9.94. The van der Waals surface area contributed by atoms with Crippen molar-refractivity contribution in [3.8, 4) is 0 Å². The van der Waals surface area contributed by atoms with Crippen molar-refractivity contribution in [1.82, 2.24) is 14.0 Å². The van der Waals surface area contributed by atoms with E-state index < -0.39 is 6.04 Å². The van der Waals surface area contributed by atoms with E-state index in [0.717, 1.165) is 27.6 Å². The summed E-state index contributed by atoms with van der Waals surface area (Å²) in [5.74, 6) is -0.129. The second-order valence-electron chi connectivity index (χ2n) is 10.6. The number of carbonyl (C=O) groups is 1. The van der Waals surface area contributed by atoms with Gasteiger partial charge in [0.15, 0.2) is 4.80 Å². The fourth-order valence-corrected chi connectivity index (χ4v) is 7.22. The monoisotopic (exact) mass is 662 g/mol. The highest BCUT2D eigenvalue weighted by Crippen LogP contribution is 2.32. The van der Waals surface area contributed by atoms with Gasteiger partial charge < -0.3 is 9.47 Å². The maximum atomic E-state index is 14.2. The SMILES string of the molecule is CCN(CC)C(=O)C1=C(C)N=c2s/c(=C/c3cn(Cc4ccc(Cl)c(Cl)c4)c4ccccc34)c(=O)n2[C@@H]1c1ccc(Cl)cc1. The van der Waals surface area contributed by atoms with Gasteiger partial charge in [0.2, 0.25) is 0 Å². The van der Waals surface area contributed by atoms with Crippen LogP contribution in [-0.4, -0.2) is 33.0 Å². The van der Waals surface area contributed by atoms with E-state index in [1.165, 1.54) is 11.3 Å². The van der Waals surface area contributed by atoms with Gasteiger partial charge in [-0.1, -0.05) is 82.5 Å². The predicted molar refractivity (Wildman–Crippen MR) is 181 cm³/mol. The Morgan fingerprint density at radius 2 is 1.73 bits per heavy atom. The number of para-hydroxylation sites is 1. The van der Waals surface area contributed by atoms with E-state index in [4.69, 9.17) is 39.8 Å². The summed E-state index contributed by atoms with van der Waals surface area (Å²) in [6, 6.07) is 20.4. The normalized spacial score (nSPS) is 15.0. The number of hydrogen-bond donors (Lipinski definition) is 0. The summed E-state index contributed by atoms with van der Waals surface area (Å²) in [5.41, 5.74) is 4.64. The van der Waals surface area contributed by atoms with E-state index in [-0.39, 0.29) is 11.5 Å². The molecule has 1 aliphatic heterocycles. The number of halogens is 3. The second-order valence-corrected chi connectivity index (χ2v) is 12.8. The van der Waals surface area contributed by atoms with E-state index in [2.05, 4.69) is 10.6 Å². The Morgan fingerprint density at radius 3 is 2.43 bits per heavy atom. The number of thiazole rings is 1. The third-order valence-corrected chi connectivity index (χ3v) is 9.91. The van der Waals surface area contributed by atoms with E-state index in [9.17, 15) is 9.59 Å². The molecule has 0 spiro atoms. The first-order valence-electron chi connectivity index (χ1n) is 14.3. The minimum absolute atomic E-state index is 0.129. The van der Waals surface area contributed by atoms with E-state index in [0.29, 0.717) is 55.3 Å². The van der Waals surface area contributed by atoms with Crippen LogP contribution in [0.25, 0.3) is 17.0 Å². The number of benzene rings is 3. The molecule has 0 fully saturated rings. The van der Waals surface area contributed by atoms with Crippen molar-refractivity contribution in [3.05, 3.63) is 136 Å². The molecule has 5 aromatic rings. The van der Waals surface area contributed by atoms with Gasteiger partial charge in [-0.2, -0.15) is 0 Å². The smallest absolute Gasteiger partial charge is 0.271 e. The summed E-state index contributed by atoms with van der Waals surface area (Å²) < 4.78 is 4.32. The molecule has 0 saturated carbocycles. The van der Waals surface area contributed by atoms with Gasteiger partial charge >= 0.3 is 0 Å². The summed E-state index contributed by atoms with van der Waals surface area (Å²) in [7, 11) is 0. The zero-order valence-electron chi connectivity index (χ0n) is 24.4. The molecule has 2 aromatic heterocycles. The number of allylic oxidation sites excluding steroid dienone is 1. The maximum absolute atomic E-state index is 14.2. The Morgan fingerprint density at radius 1 is 1.00 bits per heavy atom. The van der Waals surface area contributed by atoms with Gasteiger partial charge in [-0.3, -0.25) is 14.2 Å². The Balaban J connectivity index is 1.51. The molecule has 0 aliphatic carbocycles. The van der Waals surface area contributed by atoms with Crippen LogP contribution in [0.2, 0.25) is 15.1 Å². The topological polar surface area (TPSA) is 59.6 Å².